The topological polar surface area (TPSA) is 57.7 Å². The third kappa shape index (κ3) is 4.79. The highest BCUT2D eigenvalue weighted by atomic mass is 79.9. The molecule has 29 heavy (non-hydrogen) atoms. The zero-order valence-electron chi connectivity index (χ0n) is 15.6. The van der Waals surface area contributed by atoms with Gasteiger partial charge in [-0.05, 0) is 66.2 Å². The molecule has 0 saturated heterocycles. The number of halogens is 4. The zero-order valence-corrected chi connectivity index (χ0v) is 17.1. The number of rotatable bonds is 4. The van der Waals surface area contributed by atoms with E-state index in [1.807, 2.05) is 6.92 Å². The summed E-state index contributed by atoms with van der Waals surface area (Å²) in [6.45, 7) is 4.91. The molecule has 0 radical (unpaired) electrons. The third-order valence-corrected chi connectivity index (χ3v) is 4.80. The van der Waals surface area contributed by atoms with E-state index in [-0.39, 0.29) is 5.75 Å². The van der Waals surface area contributed by atoms with Crippen LogP contribution in [0, 0.1) is 13.8 Å². The summed E-state index contributed by atoms with van der Waals surface area (Å²) in [6.07, 6.45) is -4.76. The molecule has 152 valence electrons. The van der Waals surface area contributed by atoms with Gasteiger partial charge in [0.15, 0.2) is 0 Å². The summed E-state index contributed by atoms with van der Waals surface area (Å²) in [4.78, 5) is 16.1. The molecule has 1 heterocycles. The van der Waals surface area contributed by atoms with E-state index in [0.717, 1.165) is 17.8 Å². The van der Waals surface area contributed by atoms with Gasteiger partial charge in [0.1, 0.15) is 23.0 Å². The summed E-state index contributed by atoms with van der Waals surface area (Å²) in [5, 5.41) is 0.554. The smallest absolute Gasteiger partial charge is 0.456 e. The monoisotopic (exact) mass is 469 g/mol. The lowest BCUT2D eigenvalue weighted by Gasteiger charge is -2.15. The number of carbonyl (C=O) groups is 1. The van der Waals surface area contributed by atoms with Crippen LogP contribution in [0.25, 0.3) is 10.9 Å². The third-order valence-electron chi connectivity index (χ3n) is 4.01. The van der Waals surface area contributed by atoms with Gasteiger partial charge in [-0.3, -0.25) is 9.78 Å². The number of aromatic nitrogens is 1. The minimum absolute atomic E-state index is 0.297. The molecule has 2 aromatic carbocycles. The number of alkyl halides is 3. The van der Waals surface area contributed by atoms with Gasteiger partial charge >= 0.3 is 12.3 Å². The van der Waals surface area contributed by atoms with E-state index in [1.165, 1.54) is 19.1 Å². The lowest BCUT2D eigenvalue weighted by molar-refractivity contribution is -0.274. The van der Waals surface area contributed by atoms with E-state index in [1.54, 1.807) is 19.1 Å². The number of fused-ring (bicyclic) bond motifs is 1. The molecule has 5 nitrogen and oxygen atoms in total. The van der Waals surface area contributed by atoms with E-state index < -0.39 is 12.3 Å². The van der Waals surface area contributed by atoms with Crippen molar-refractivity contribution in [3.8, 4) is 23.0 Å². The summed E-state index contributed by atoms with van der Waals surface area (Å²) >= 11 is 3.46. The summed E-state index contributed by atoms with van der Waals surface area (Å²) in [5.41, 5.74) is 2.02. The van der Waals surface area contributed by atoms with Crippen LogP contribution in [0.2, 0.25) is 0 Å². The number of hydrogen-bond donors (Lipinski definition) is 0. The van der Waals surface area contributed by atoms with E-state index in [9.17, 15) is 18.0 Å². The van der Waals surface area contributed by atoms with E-state index in [4.69, 9.17) is 9.47 Å². The molecule has 0 spiro atoms. The normalized spacial score (nSPS) is 11.4. The van der Waals surface area contributed by atoms with Gasteiger partial charge in [0.05, 0.1) is 15.4 Å². The van der Waals surface area contributed by atoms with Crippen molar-refractivity contribution in [2.24, 2.45) is 0 Å². The second kappa shape index (κ2) is 7.90. The molecule has 0 amide bonds. The van der Waals surface area contributed by atoms with E-state index in [0.29, 0.717) is 38.2 Å². The van der Waals surface area contributed by atoms with Gasteiger partial charge in [0.25, 0.3) is 0 Å². The van der Waals surface area contributed by atoms with E-state index >= 15 is 0 Å². The van der Waals surface area contributed by atoms with Gasteiger partial charge in [-0.1, -0.05) is 0 Å². The number of ether oxygens (including phenoxy) is 3. The number of pyridine rings is 1. The predicted octanol–water partition coefficient (Wildman–Crippen LogP) is 6.23. The number of nitrogens with zero attached hydrogens (tertiary/aromatic N) is 1. The second-order valence-electron chi connectivity index (χ2n) is 6.14. The second-order valence-corrected chi connectivity index (χ2v) is 6.93. The molecule has 9 heteroatoms. The van der Waals surface area contributed by atoms with Crippen molar-refractivity contribution in [2.45, 2.75) is 27.1 Å². The predicted molar refractivity (Wildman–Crippen MR) is 103 cm³/mol. The molecular weight excluding hydrogens is 455 g/mol. The molecular formula is C20H15BrF3NO4. The van der Waals surface area contributed by atoms with Crippen molar-refractivity contribution in [1.82, 2.24) is 4.98 Å². The Morgan fingerprint density at radius 3 is 2.24 bits per heavy atom. The van der Waals surface area contributed by atoms with Gasteiger partial charge in [0.2, 0.25) is 0 Å². The lowest BCUT2D eigenvalue weighted by atomic mass is 10.1. The molecule has 0 atom stereocenters. The molecule has 0 aliphatic carbocycles. The van der Waals surface area contributed by atoms with Gasteiger partial charge in [-0.25, -0.2) is 0 Å². The van der Waals surface area contributed by atoms with Gasteiger partial charge in [-0.15, -0.1) is 13.2 Å². The lowest BCUT2D eigenvalue weighted by Crippen LogP contribution is -2.16. The number of esters is 1. The van der Waals surface area contributed by atoms with Crippen LogP contribution in [0.3, 0.4) is 0 Å². The Kier molecular flexibility index (Phi) is 5.70. The molecule has 0 fully saturated rings. The van der Waals surface area contributed by atoms with Crippen molar-refractivity contribution in [3.63, 3.8) is 0 Å². The maximum absolute atomic E-state index is 12.3. The van der Waals surface area contributed by atoms with Crippen molar-refractivity contribution in [2.75, 3.05) is 0 Å². The highest BCUT2D eigenvalue weighted by Gasteiger charge is 2.31. The molecule has 0 saturated carbocycles. The Hall–Kier alpha value is -2.81. The van der Waals surface area contributed by atoms with Crippen LogP contribution in [0.4, 0.5) is 13.2 Å². The largest absolute Gasteiger partial charge is 0.573 e. The fourth-order valence-corrected chi connectivity index (χ4v) is 3.25. The SMILES string of the molecule is CC(=O)Oc1c(C)c(C)nc2ccc(Oc3ccc(OC(F)(F)F)cc3)c(Br)c12. The van der Waals surface area contributed by atoms with Gasteiger partial charge < -0.3 is 14.2 Å². The molecule has 1 aromatic heterocycles. The van der Waals surface area contributed by atoms with Crippen LogP contribution in [-0.4, -0.2) is 17.3 Å². The fourth-order valence-electron chi connectivity index (χ4n) is 2.66. The highest BCUT2D eigenvalue weighted by molar-refractivity contribution is 9.10. The van der Waals surface area contributed by atoms with Crippen LogP contribution in [-0.2, 0) is 4.79 Å². The molecule has 3 rings (SSSR count). The summed E-state index contributed by atoms with van der Waals surface area (Å²) in [7, 11) is 0. The number of hydrogen-bond acceptors (Lipinski definition) is 5. The molecule has 0 aliphatic rings. The Balaban J connectivity index is 1.99. The zero-order chi connectivity index (χ0) is 21.3. The van der Waals surface area contributed by atoms with Crippen LogP contribution in [0.5, 0.6) is 23.0 Å². The van der Waals surface area contributed by atoms with Gasteiger partial charge in [0, 0.05) is 18.2 Å². The van der Waals surface area contributed by atoms with E-state index in [2.05, 4.69) is 25.7 Å². The Labute approximate surface area is 172 Å². The van der Waals surface area contributed by atoms with Crippen molar-refractivity contribution < 1.29 is 32.2 Å². The highest BCUT2D eigenvalue weighted by Crippen LogP contribution is 2.42. The van der Waals surface area contributed by atoms with Crippen molar-refractivity contribution in [1.29, 1.82) is 0 Å². The maximum atomic E-state index is 12.3. The van der Waals surface area contributed by atoms with Crippen molar-refractivity contribution in [3.05, 3.63) is 52.1 Å². The fraction of sp³-hybridized carbons (Fsp3) is 0.200. The first-order valence-electron chi connectivity index (χ1n) is 8.36. The summed E-state index contributed by atoms with van der Waals surface area (Å²) in [5.74, 6) is 0.213. The average Bonchev–Trinajstić information content (AvgIpc) is 2.61. The maximum Gasteiger partial charge on any atom is 0.573 e. The molecule has 3 aromatic rings. The van der Waals surface area contributed by atoms with Crippen molar-refractivity contribution >= 4 is 32.8 Å². The first-order valence-corrected chi connectivity index (χ1v) is 9.16. The molecule has 0 bridgehead atoms. The quantitative estimate of drug-likeness (QED) is 0.423. The minimum atomic E-state index is -4.76. The molecule has 0 aliphatic heterocycles. The van der Waals surface area contributed by atoms with Crippen LogP contribution < -0.4 is 14.2 Å². The minimum Gasteiger partial charge on any atom is -0.456 e. The Morgan fingerprint density at radius 1 is 1.03 bits per heavy atom. The van der Waals surface area contributed by atoms with Crippen LogP contribution in [0.15, 0.2) is 40.9 Å². The number of carbonyl (C=O) groups excluding carboxylic acids is 1. The van der Waals surface area contributed by atoms with Gasteiger partial charge in [-0.2, -0.15) is 0 Å². The molecule has 0 unspecified atom stereocenters. The number of aryl methyl sites for hydroxylation is 1. The standard InChI is InChI=1S/C20H15BrF3NO4/c1-10-11(2)25-15-8-9-16(18(21)17(15)19(10)27-12(3)26)28-13-4-6-14(7-5-13)29-20(22,23)24/h4-9H,1-3H3. The summed E-state index contributed by atoms with van der Waals surface area (Å²) in [6, 6.07) is 8.36. The van der Waals surface area contributed by atoms with Crippen LogP contribution >= 0.6 is 15.9 Å². The number of benzene rings is 2. The first kappa shape index (κ1) is 20.9. The Bertz CT molecular complexity index is 1080. The summed E-state index contributed by atoms with van der Waals surface area (Å²) < 4.78 is 52.4. The average molecular weight is 470 g/mol. The first-order chi connectivity index (χ1) is 13.5. The Morgan fingerprint density at radius 2 is 1.66 bits per heavy atom. The van der Waals surface area contributed by atoms with Crippen LogP contribution in [0.1, 0.15) is 18.2 Å². The molecule has 0 N–H and O–H groups in total.